The van der Waals surface area contributed by atoms with Crippen molar-refractivity contribution >= 4 is 17.2 Å². The number of nitrogens with two attached hydrogens (primary N) is 1. The van der Waals surface area contributed by atoms with Crippen LogP contribution in [0.4, 0.5) is 0 Å². The molecule has 0 bridgehead atoms. The molecule has 0 saturated carbocycles. The standard InChI is InChI=1S/C11H18N2OS/c1-11(2,3)9(6-12)13-10(14)8-4-5-15-7-8/h4-5,7,9H,6,12H2,1-3H3,(H,13,14). The molecule has 0 radical (unpaired) electrons. The van der Waals surface area contributed by atoms with Crippen LogP contribution < -0.4 is 11.1 Å². The molecule has 0 aliphatic rings. The fourth-order valence-electron chi connectivity index (χ4n) is 1.26. The largest absolute Gasteiger partial charge is 0.347 e. The van der Waals surface area contributed by atoms with E-state index >= 15 is 0 Å². The van der Waals surface area contributed by atoms with E-state index in [-0.39, 0.29) is 17.4 Å². The van der Waals surface area contributed by atoms with Gasteiger partial charge in [0.15, 0.2) is 0 Å². The Morgan fingerprint density at radius 2 is 2.27 bits per heavy atom. The van der Waals surface area contributed by atoms with E-state index in [2.05, 4.69) is 26.1 Å². The first kappa shape index (κ1) is 12.2. The highest BCUT2D eigenvalue weighted by molar-refractivity contribution is 7.08. The maximum atomic E-state index is 11.8. The van der Waals surface area contributed by atoms with Crippen molar-refractivity contribution in [1.82, 2.24) is 5.32 Å². The zero-order chi connectivity index (χ0) is 11.5. The Morgan fingerprint density at radius 1 is 1.60 bits per heavy atom. The van der Waals surface area contributed by atoms with E-state index < -0.39 is 0 Å². The van der Waals surface area contributed by atoms with Gasteiger partial charge in [0.25, 0.3) is 5.91 Å². The predicted molar refractivity (Wildman–Crippen MR) is 64.1 cm³/mol. The zero-order valence-electron chi connectivity index (χ0n) is 9.41. The van der Waals surface area contributed by atoms with Crippen molar-refractivity contribution in [3.63, 3.8) is 0 Å². The summed E-state index contributed by atoms with van der Waals surface area (Å²) < 4.78 is 0. The van der Waals surface area contributed by atoms with E-state index in [1.807, 2.05) is 16.8 Å². The van der Waals surface area contributed by atoms with Gasteiger partial charge in [0.2, 0.25) is 0 Å². The smallest absolute Gasteiger partial charge is 0.252 e. The van der Waals surface area contributed by atoms with Crippen LogP contribution in [0.1, 0.15) is 31.1 Å². The van der Waals surface area contributed by atoms with Crippen LogP contribution in [0.15, 0.2) is 16.8 Å². The minimum absolute atomic E-state index is 0.00454. The van der Waals surface area contributed by atoms with Gasteiger partial charge in [0.05, 0.1) is 0 Å². The first-order valence-corrected chi connectivity index (χ1v) is 5.92. The molecule has 0 aromatic carbocycles. The number of nitrogens with one attached hydrogen (secondary N) is 1. The van der Waals surface area contributed by atoms with Crippen LogP contribution in [0, 0.1) is 5.41 Å². The molecule has 1 unspecified atom stereocenters. The first-order valence-electron chi connectivity index (χ1n) is 4.98. The lowest BCUT2D eigenvalue weighted by molar-refractivity contribution is 0.0906. The van der Waals surface area contributed by atoms with Crippen molar-refractivity contribution in [1.29, 1.82) is 0 Å². The van der Waals surface area contributed by atoms with Crippen molar-refractivity contribution in [3.05, 3.63) is 22.4 Å². The highest BCUT2D eigenvalue weighted by Crippen LogP contribution is 2.19. The Labute approximate surface area is 94.7 Å². The Bertz CT molecular complexity index is 314. The van der Waals surface area contributed by atoms with E-state index in [0.29, 0.717) is 12.1 Å². The molecule has 0 spiro atoms. The van der Waals surface area contributed by atoms with Crippen LogP contribution in [0.2, 0.25) is 0 Å². The minimum Gasteiger partial charge on any atom is -0.347 e. The summed E-state index contributed by atoms with van der Waals surface area (Å²) in [6.45, 7) is 6.66. The van der Waals surface area contributed by atoms with E-state index in [4.69, 9.17) is 5.73 Å². The van der Waals surface area contributed by atoms with Gasteiger partial charge < -0.3 is 11.1 Å². The third kappa shape index (κ3) is 3.32. The Hall–Kier alpha value is -0.870. The van der Waals surface area contributed by atoms with Crippen molar-refractivity contribution in [2.24, 2.45) is 11.1 Å². The molecule has 0 aliphatic carbocycles. The number of hydrogen-bond acceptors (Lipinski definition) is 3. The molecule has 0 aliphatic heterocycles. The molecule has 1 rings (SSSR count). The van der Waals surface area contributed by atoms with Gasteiger partial charge in [-0.25, -0.2) is 0 Å². The molecule has 1 aromatic heterocycles. The van der Waals surface area contributed by atoms with Gasteiger partial charge in [-0.15, -0.1) is 0 Å². The molecule has 0 saturated heterocycles. The molecule has 1 heterocycles. The molecule has 15 heavy (non-hydrogen) atoms. The summed E-state index contributed by atoms with van der Waals surface area (Å²) in [5.74, 6) is -0.0402. The molecule has 4 heteroatoms. The van der Waals surface area contributed by atoms with Gasteiger partial charge in [0.1, 0.15) is 0 Å². The van der Waals surface area contributed by atoms with Crippen LogP contribution in [0.25, 0.3) is 0 Å². The van der Waals surface area contributed by atoms with Crippen LogP contribution >= 0.6 is 11.3 Å². The lowest BCUT2D eigenvalue weighted by Crippen LogP contribution is -2.48. The second-order valence-corrected chi connectivity index (χ2v) is 5.42. The summed E-state index contributed by atoms with van der Waals surface area (Å²) in [7, 11) is 0. The molecular formula is C11H18N2OS. The minimum atomic E-state index is -0.0402. The fourth-order valence-corrected chi connectivity index (χ4v) is 1.90. The lowest BCUT2D eigenvalue weighted by Gasteiger charge is -2.30. The Morgan fingerprint density at radius 3 is 2.67 bits per heavy atom. The topological polar surface area (TPSA) is 55.1 Å². The third-order valence-corrected chi connectivity index (χ3v) is 3.05. The van der Waals surface area contributed by atoms with Crippen molar-refractivity contribution in [3.8, 4) is 0 Å². The van der Waals surface area contributed by atoms with Crippen molar-refractivity contribution in [2.75, 3.05) is 6.54 Å². The molecule has 0 fully saturated rings. The number of hydrogen-bond donors (Lipinski definition) is 2. The molecule has 1 amide bonds. The maximum Gasteiger partial charge on any atom is 0.252 e. The molecule has 1 aromatic rings. The third-order valence-electron chi connectivity index (χ3n) is 2.37. The maximum absolute atomic E-state index is 11.8. The molecule has 3 N–H and O–H groups in total. The van der Waals surface area contributed by atoms with E-state index in [1.165, 1.54) is 11.3 Å². The van der Waals surface area contributed by atoms with Crippen LogP contribution in [0.3, 0.4) is 0 Å². The number of carbonyl (C=O) groups excluding carboxylic acids is 1. The first-order chi connectivity index (χ1) is 6.95. The van der Waals surface area contributed by atoms with Crippen LogP contribution in [-0.2, 0) is 0 Å². The second kappa shape index (κ2) is 4.77. The van der Waals surface area contributed by atoms with Gasteiger partial charge in [-0.2, -0.15) is 11.3 Å². The number of thiophene rings is 1. The summed E-state index contributed by atoms with van der Waals surface area (Å²) in [5, 5.41) is 6.68. The van der Waals surface area contributed by atoms with Gasteiger partial charge in [-0.05, 0) is 16.9 Å². The van der Waals surface area contributed by atoms with Crippen LogP contribution in [-0.4, -0.2) is 18.5 Å². The quantitative estimate of drug-likeness (QED) is 0.826. The number of carbonyl (C=O) groups is 1. The molecule has 84 valence electrons. The molecule has 3 nitrogen and oxygen atoms in total. The van der Waals surface area contributed by atoms with E-state index in [0.717, 1.165) is 0 Å². The molecular weight excluding hydrogens is 208 g/mol. The van der Waals surface area contributed by atoms with E-state index in [9.17, 15) is 4.79 Å². The van der Waals surface area contributed by atoms with Crippen molar-refractivity contribution in [2.45, 2.75) is 26.8 Å². The highest BCUT2D eigenvalue weighted by atomic mass is 32.1. The van der Waals surface area contributed by atoms with Gasteiger partial charge in [0, 0.05) is 23.5 Å². The monoisotopic (exact) mass is 226 g/mol. The van der Waals surface area contributed by atoms with Crippen molar-refractivity contribution < 1.29 is 4.79 Å². The van der Waals surface area contributed by atoms with Gasteiger partial charge in [-0.3, -0.25) is 4.79 Å². The van der Waals surface area contributed by atoms with Crippen LogP contribution in [0.5, 0.6) is 0 Å². The Balaban J connectivity index is 2.65. The lowest BCUT2D eigenvalue weighted by atomic mass is 9.86. The number of amides is 1. The SMILES string of the molecule is CC(C)(C)C(CN)NC(=O)c1ccsc1. The van der Waals surface area contributed by atoms with Gasteiger partial charge in [-0.1, -0.05) is 20.8 Å². The summed E-state index contributed by atoms with van der Waals surface area (Å²) >= 11 is 1.52. The average molecular weight is 226 g/mol. The predicted octanol–water partition coefficient (Wildman–Crippen LogP) is 1.85. The second-order valence-electron chi connectivity index (χ2n) is 4.64. The fraction of sp³-hybridized carbons (Fsp3) is 0.545. The number of rotatable bonds is 3. The van der Waals surface area contributed by atoms with E-state index in [1.54, 1.807) is 0 Å². The average Bonchev–Trinajstić information content (AvgIpc) is 2.64. The van der Waals surface area contributed by atoms with Gasteiger partial charge >= 0.3 is 0 Å². The Kier molecular flexibility index (Phi) is 3.88. The summed E-state index contributed by atoms with van der Waals surface area (Å²) in [6, 6.07) is 1.82. The summed E-state index contributed by atoms with van der Waals surface area (Å²) in [6.07, 6.45) is 0. The highest BCUT2D eigenvalue weighted by Gasteiger charge is 2.25. The normalized spacial score (nSPS) is 13.6. The molecule has 1 atom stereocenters. The summed E-state index contributed by atoms with van der Waals surface area (Å²) in [4.78, 5) is 11.8. The zero-order valence-corrected chi connectivity index (χ0v) is 10.2. The summed E-state index contributed by atoms with van der Waals surface area (Å²) in [5.41, 5.74) is 6.35.